The zero-order valence-corrected chi connectivity index (χ0v) is 18.3. The van der Waals surface area contributed by atoms with Crippen LogP contribution in [0.4, 0.5) is 0 Å². The van der Waals surface area contributed by atoms with Crippen LogP contribution in [0.3, 0.4) is 0 Å². The first kappa shape index (κ1) is 22.1. The normalized spacial score (nSPS) is 15.3. The van der Waals surface area contributed by atoms with Gasteiger partial charge in [-0.15, -0.1) is 0 Å². The fourth-order valence-corrected chi connectivity index (χ4v) is 3.81. The molecule has 2 atom stereocenters. The summed E-state index contributed by atoms with van der Waals surface area (Å²) in [5.41, 5.74) is 2.72. The predicted molar refractivity (Wildman–Crippen MR) is 124 cm³/mol. The summed E-state index contributed by atoms with van der Waals surface area (Å²) < 4.78 is 11.6. The van der Waals surface area contributed by atoms with Crippen LogP contribution in [-0.4, -0.2) is 25.3 Å². The highest BCUT2D eigenvalue weighted by molar-refractivity contribution is 5.94. The van der Waals surface area contributed by atoms with Crippen molar-refractivity contribution in [1.29, 1.82) is 5.26 Å². The van der Waals surface area contributed by atoms with Gasteiger partial charge in [0.05, 0.1) is 12.2 Å². The van der Waals surface area contributed by atoms with Crippen molar-refractivity contribution < 1.29 is 19.1 Å². The molecule has 0 bridgehead atoms. The fourth-order valence-electron chi connectivity index (χ4n) is 3.81. The molecule has 0 fully saturated rings. The first-order valence-electron chi connectivity index (χ1n) is 10.9. The molecule has 1 amide bonds. The average molecular weight is 440 g/mol. The number of carbonyl (C=O) groups is 2. The highest BCUT2D eigenvalue weighted by Crippen LogP contribution is 2.38. The fraction of sp³-hybridized carbons (Fsp3) is 0.222. The second-order valence-corrected chi connectivity index (χ2v) is 8.03. The molecule has 1 aliphatic heterocycles. The summed E-state index contributed by atoms with van der Waals surface area (Å²) in [5, 5.41) is 12.5. The minimum absolute atomic E-state index is 0.163. The molecular weight excluding hydrogens is 416 g/mol. The first-order chi connectivity index (χ1) is 16.1. The van der Waals surface area contributed by atoms with Gasteiger partial charge in [-0.25, -0.2) is 0 Å². The van der Waals surface area contributed by atoms with Gasteiger partial charge in [-0.2, -0.15) is 5.26 Å². The second-order valence-electron chi connectivity index (χ2n) is 8.03. The molecule has 6 nitrogen and oxygen atoms in total. The van der Waals surface area contributed by atoms with E-state index in [0.717, 1.165) is 6.29 Å². The largest absolute Gasteiger partial charge is 0.493 e. The lowest BCUT2D eigenvalue weighted by Crippen LogP contribution is -2.27. The van der Waals surface area contributed by atoms with Gasteiger partial charge in [0.25, 0.3) is 5.91 Å². The minimum Gasteiger partial charge on any atom is -0.493 e. The Bertz CT molecular complexity index is 1180. The Morgan fingerprint density at radius 1 is 1.21 bits per heavy atom. The van der Waals surface area contributed by atoms with Crippen LogP contribution in [0.15, 0.2) is 66.7 Å². The number of hydrogen-bond donors (Lipinski definition) is 1. The van der Waals surface area contributed by atoms with Gasteiger partial charge in [0.15, 0.2) is 0 Å². The molecular formula is C27H24N2O4. The van der Waals surface area contributed by atoms with Crippen LogP contribution in [-0.2, 0) is 4.79 Å². The van der Waals surface area contributed by atoms with Gasteiger partial charge in [-0.05, 0) is 48.2 Å². The van der Waals surface area contributed by atoms with E-state index in [2.05, 4.69) is 18.3 Å². The van der Waals surface area contributed by atoms with Gasteiger partial charge in [-0.3, -0.25) is 4.79 Å². The quantitative estimate of drug-likeness (QED) is 0.525. The average Bonchev–Trinajstić information content (AvgIpc) is 2.87. The number of rotatable bonds is 7. The third kappa shape index (κ3) is 5.04. The van der Waals surface area contributed by atoms with Crippen LogP contribution in [0, 0.1) is 11.3 Å². The SMILES string of the molecule is C[C@@H](CNC(=O)c1ccc(Oc2cc3c(cc2C#N)C(C=O)CCO3)cc1)c1ccccc1. The van der Waals surface area contributed by atoms with Crippen molar-refractivity contribution in [2.45, 2.75) is 25.2 Å². The summed E-state index contributed by atoms with van der Waals surface area (Å²) in [6.45, 7) is 3.04. The van der Waals surface area contributed by atoms with Gasteiger partial charge in [0.1, 0.15) is 29.6 Å². The molecule has 6 heteroatoms. The molecule has 0 radical (unpaired) electrons. The number of benzene rings is 3. The zero-order chi connectivity index (χ0) is 23.2. The number of carbonyl (C=O) groups excluding carboxylic acids is 2. The van der Waals surface area contributed by atoms with Crippen LogP contribution in [0.1, 0.15) is 52.2 Å². The standard InChI is InChI=1S/C27H24N2O4/c1-18(19-5-3-2-4-6-19)16-29-27(31)20-7-9-23(10-8-20)33-25-14-26-24(13-22(25)15-28)21(17-30)11-12-32-26/h2-10,13-14,17-18,21H,11-12,16H2,1H3,(H,29,31)/t18-,21?/m0/s1. The van der Waals surface area contributed by atoms with Gasteiger partial charge in [-0.1, -0.05) is 37.3 Å². The van der Waals surface area contributed by atoms with Crippen LogP contribution in [0.2, 0.25) is 0 Å². The number of nitriles is 1. The van der Waals surface area contributed by atoms with Crippen molar-refractivity contribution in [2.24, 2.45) is 0 Å². The maximum Gasteiger partial charge on any atom is 0.251 e. The van der Waals surface area contributed by atoms with E-state index in [4.69, 9.17) is 9.47 Å². The van der Waals surface area contributed by atoms with E-state index in [0.29, 0.717) is 53.5 Å². The Morgan fingerprint density at radius 3 is 2.67 bits per heavy atom. The lowest BCUT2D eigenvalue weighted by atomic mass is 9.93. The third-order valence-corrected chi connectivity index (χ3v) is 5.76. The number of fused-ring (bicyclic) bond motifs is 1. The van der Waals surface area contributed by atoms with Crippen LogP contribution >= 0.6 is 0 Å². The van der Waals surface area contributed by atoms with Crippen LogP contribution < -0.4 is 14.8 Å². The number of ether oxygens (including phenoxy) is 2. The van der Waals surface area contributed by atoms with E-state index in [-0.39, 0.29) is 17.7 Å². The summed E-state index contributed by atoms with van der Waals surface area (Å²) in [6, 6.07) is 22.2. The summed E-state index contributed by atoms with van der Waals surface area (Å²) in [5.74, 6) is 1.14. The molecule has 0 spiro atoms. The highest BCUT2D eigenvalue weighted by Gasteiger charge is 2.24. The molecule has 0 aliphatic carbocycles. The molecule has 0 aromatic heterocycles. The molecule has 0 saturated heterocycles. The van der Waals surface area contributed by atoms with Crippen molar-refractivity contribution in [3.8, 4) is 23.3 Å². The lowest BCUT2D eigenvalue weighted by molar-refractivity contribution is -0.109. The molecule has 1 unspecified atom stereocenters. The molecule has 3 aromatic rings. The molecule has 33 heavy (non-hydrogen) atoms. The van der Waals surface area contributed by atoms with Crippen LogP contribution in [0.25, 0.3) is 0 Å². The summed E-state index contributed by atoms with van der Waals surface area (Å²) in [6.07, 6.45) is 1.47. The van der Waals surface area contributed by atoms with Gasteiger partial charge in [0, 0.05) is 29.7 Å². The Balaban J connectivity index is 1.43. The van der Waals surface area contributed by atoms with Crippen LogP contribution in [0.5, 0.6) is 17.2 Å². The number of aldehydes is 1. The Kier molecular flexibility index (Phi) is 6.70. The number of hydrogen-bond acceptors (Lipinski definition) is 5. The van der Waals surface area contributed by atoms with Crippen molar-refractivity contribution in [3.05, 3.63) is 89.0 Å². The molecule has 1 aliphatic rings. The monoisotopic (exact) mass is 440 g/mol. The van der Waals surface area contributed by atoms with E-state index in [9.17, 15) is 14.9 Å². The smallest absolute Gasteiger partial charge is 0.251 e. The number of amides is 1. The van der Waals surface area contributed by atoms with Crippen molar-refractivity contribution >= 4 is 12.2 Å². The molecule has 1 N–H and O–H groups in total. The molecule has 166 valence electrons. The molecule has 1 heterocycles. The predicted octanol–water partition coefficient (Wildman–Crippen LogP) is 4.95. The Hall–Kier alpha value is -4.11. The topological polar surface area (TPSA) is 88.4 Å². The van der Waals surface area contributed by atoms with Gasteiger partial charge in [0.2, 0.25) is 0 Å². The maximum absolute atomic E-state index is 12.5. The summed E-state index contributed by atoms with van der Waals surface area (Å²) >= 11 is 0. The van der Waals surface area contributed by atoms with E-state index in [1.807, 2.05) is 30.3 Å². The summed E-state index contributed by atoms with van der Waals surface area (Å²) in [4.78, 5) is 23.9. The van der Waals surface area contributed by atoms with E-state index >= 15 is 0 Å². The Labute approximate surface area is 192 Å². The van der Waals surface area contributed by atoms with Gasteiger partial charge >= 0.3 is 0 Å². The number of nitrogens with zero attached hydrogens (tertiary/aromatic N) is 1. The lowest BCUT2D eigenvalue weighted by Gasteiger charge is -2.23. The number of nitrogens with one attached hydrogen (secondary N) is 1. The third-order valence-electron chi connectivity index (χ3n) is 5.76. The first-order valence-corrected chi connectivity index (χ1v) is 10.9. The van der Waals surface area contributed by atoms with Crippen molar-refractivity contribution in [2.75, 3.05) is 13.2 Å². The molecule has 4 rings (SSSR count). The molecule has 3 aromatic carbocycles. The Morgan fingerprint density at radius 2 is 1.97 bits per heavy atom. The minimum atomic E-state index is -0.280. The zero-order valence-electron chi connectivity index (χ0n) is 18.3. The summed E-state index contributed by atoms with van der Waals surface area (Å²) in [7, 11) is 0. The highest BCUT2D eigenvalue weighted by atomic mass is 16.5. The van der Waals surface area contributed by atoms with E-state index in [1.54, 1.807) is 36.4 Å². The van der Waals surface area contributed by atoms with E-state index in [1.165, 1.54) is 5.56 Å². The van der Waals surface area contributed by atoms with Crippen molar-refractivity contribution in [3.63, 3.8) is 0 Å². The maximum atomic E-state index is 12.5. The van der Waals surface area contributed by atoms with Gasteiger partial charge < -0.3 is 19.6 Å². The molecule has 0 saturated carbocycles. The van der Waals surface area contributed by atoms with E-state index < -0.39 is 0 Å². The second kappa shape index (κ2) is 10.0. The van der Waals surface area contributed by atoms with Crippen molar-refractivity contribution in [1.82, 2.24) is 5.32 Å².